The average molecular weight is 254 g/mol. The smallest absolute Gasteiger partial charge is 0.126 e. The van der Waals surface area contributed by atoms with Crippen molar-refractivity contribution >= 4 is 34.2 Å². The third-order valence-corrected chi connectivity index (χ3v) is 2.24. The van der Waals surface area contributed by atoms with E-state index in [1.165, 1.54) is 0 Å². The fraction of sp³-hybridized carbons (Fsp3) is 0.200. The molecular formula is C5H4ClIN2. The Bertz CT molecular complexity index is 226. The SMILES string of the molecule is Cc1ncc(Cl)c(I)n1. The molecule has 0 radical (unpaired) electrons. The number of aromatic nitrogens is 2. The largest absolute Gasteiger partial charge is 0.240 e. The molecule has 0 aliphatic carbocycles. The van der Waals surface area contributed by atoms with Gasteiger partial charge in [0.15, 0.2) is 0 Å². The van der Waals surface area contributed by atoms with E-state index >= 15 is 0 Å². The topological polar surface area (TPSA) is 25.8 Å². The van der Waals surface area contributed by atoms with E-state index in [4.69, 9.17) is 11.6 Å². The van der Waals surface area contributed by atoms with E-state index in [0.717, 1.165) is 9.53 Å². The quantitative estimate of drug-likeness (QED) is 0.523. The minimum Gasteiger partial charge on any atom is -0.240 e. The second-order valence-corrected chi connectivity index (χ2v) is 2.98. The van der Waals surface area contributed by atoms with Gasteiger partial charge in [-0.1, -0.05) is 11.6 Å². The van der Waals surface area contributed by atoms with Crippen LogP contribution in [0.25, 0.3) is 0 Å². The zero-order valence-electron chi connectivity index (χ0n) is 4.73. The molecular weight excluding hydrogens is 250 g/mol. The Kier molecular flexibility index (Phi) is 2.23. The third-order valence-electron chi connectivity index (χ3n) is 0.822. The number of rotatable bonds is 0. The highest BCUT2D eigenvalue weighted by Crippen LogP contribution is 2.13. The highest BCUT2D eigenvalue weighted by atomic mass is 127. The molecule has 0 fully saturated rings. The van der Waals surface area contributed by atoms with Crippen LogP contribution in [0, 0.1) is 10.6 Å². The highest BCUT2D eigenvalue weighted by Gasteiger charge is 1.96. The monoisotopic (exact) mass is 254 g/mol. The van der Waals surface area contributed by atoms with Gasteiger partial charge in [-0.3, -0.25) is 0 Å². The van der Waals surface area contributed by atoms with Crippen molar-refractivity contribution in [2.45, 2.75) is 6.92 Å². The minimum absolute atomic E-state index is 0.612. The molecule has 1 aromatic heterocycles. The standard InChI is InChI=1S/C5H4ClIN2/c1-3-8-2-4(6)5(7)9-3/h2H,1H3. The first-order valence-electron chi connectivity index (χ1n) is 2.35. The molecule has 0 N–H and O–H groups in total. The molecule has 0 bridgehead atoms. The van der Waals surface area contributed by atoms with Crippen LogP contribution in [0.2, 0.25) is 5.02 Å². The van der Waals surface area contributed by atoms with Crippen molar-refractivity contribution in [2.75, 3.05) is 0 Å². The highest BCUT2D eigenvalue weighted by molar-refractivity contribution is 14.1. The van der Waals surface area contributed by atoms with Crippen LogP contribution < -0.4 is 0 Å². The van der Waals surface area contributed by atoms with Crippen molar-refractivity contribution in [1.82, 2.24) is 9.97 Å². The van der Waals surface area contributed by atoms with Crippen molar-refractivity contribution < 1.29 is 0 Å². The Balaban J connectivity index is 3.17. The summed E-state index contributed by atoms with van der Waals surface area (Å²) in [7, 11) is 0. The van der Waals surface area contributed by atoms with E-state index < -0.39 is 0 Å². The van der Waals surface area contributed by atoms with Gasteiger partial charge in [0.1, 0.15) is 9.53 Å². The fourth-order valence-electron chi connectivity index (χ4n) is 0.428. The van der Waals surface area contributed by atoms with E-state index in [9.17, 15) is 0 Å². The van der Waals surface area contributed by atoms with Crippen LogP contribution in [0.5, 0.6) is 0 Å². The molecule has 0 saturated heterocycles. The van der Waals surface area contributed by atoms with Gasteiger partial charge in [-0.15, -0.1) is 0 Å². The van der Waals surface area contributed by atoms with Crippen LogP contribution in [0.3, 0.4) is 0 Å². The fourth-order valence-corrected chi connectivity index (χ4v) is 1.01. The first-order valence-corrected chi connectivity index (χ1v) is 3.80. The second kappa shape index (κ2) is 2.79. The van der Waals surface area contributed by atoms with Crippen molar-refractivity contribution in [3.63, 3.8) is 0 Å². The molecule has 0 aromatic carbocycles. The molecule has 0 atom stereocenters. The van der Waals surface area contributed by atoms with Crippen LogP contribution in [-0.2, 0) is 0 Å². The van der Waals surface area contributed by atoms with Gasteiger partial charge in [0.05, 0.1) is 11.2 Å². The number of aryl methyl sites for hydroxylation is 1. The molecule has 1 heterocycles. The summed E-state index contributed by atoms with van der Waals surface area (Å²) in [6, 6.07) is 0. The van der Waals surface area contributed by atoms with E-state index in [2.05, 4.69) is 32.6 Å². The third kappa shape index (κ3) is 1.76. The van der Waals surface area contributed by atoms with Gasteiger partial charge in [-0.25, -0.2) is 9.97 Å². The number of halogens is 2. The summed E-state index contributed by atoms with van der Waals surface area (Å²) in [4.78, 5) is 7.91. The van der Waals surface area contributed by atoms with Gasteiger partial charge in [-0.05, 0) is 29.5 Å². The van der Waals surface area contributed by atoms with Crippen molar-refractivity contribution in [2.24, 2.45) is 0 Å². The molecule has 2 nitrogen and oxygen atoms in total. The zero-order valence-corrected chi connectivity index (χ0v) is 7.64. The van der Waals surface area contributed by atoms with Crippen LogP contribution in [0.1, 0.15) is 5.82 Å². The molecule has 0 aliphatic rings. The van der Waals surface area contributed by atoms with Crippen LogP contribution >= 0.6 is 34.2 Å². The second-order valence-electron chi connectivity index (χ2n) is 1.56. The first kappa shape index (κ1) is 7.21. The molecule has 0 amide bonds. The van der Waals surface area contributed by atoms with Crippen molar-refractivity contribution in [3.8, 4) is 0 Å². The van der Waals surface area contributed by atoms with Crippen LogP contribution in [0.4, 0.5) is 0 Å². The van der Waals surface area contributed by atoms with Crippen LogP contribution in [-0.4, -0.2) is 9.97 Å². The van der Waals surface area contributed by atoms with Gasteiger partial charge >= 0.3 is 0 Å². The Labute approximate surface area is 71.8 Å². The average Bonchev–Trinajstić information content (AvgIpc) is 1.80. The number of nitrogens with zero attached hydrogens (tertiary/aromatic N) is 2. The maximum Gasteiger partial charge on any atom is 0.126 e. The van der Waals surface area contributed by atoms with Crippen molar-refractivity contribution in [3.05, 3.63) is 20.7 Å². The number of hydrogen-bond acceptors (Lipinski definition) is 2. The Morgan fingerprint density at radius 2 is 2.33 bits per heavy atom. The molecule has 9 heavy (non-hydrogen) atoms. The summed E-state index contributed by atoms with van der Waals surface area (Å²) in [5.41, 5.74) is 0. The maximum absolute atomic E-state index is 5.65. The Morgan fingerprint density at radius 3 is 2.78 bits per heavy atom. The normalized spacial score (nSPS) is 9.67. The summed E-state index contributed by atoms with van der Waals surface area (Å²) in [5, 5.41) is 0.612. The lowest BCUT2D eigenvalue weighted by molar-refractivity contribution is 1.03. The molecule has 0 spiro atoms. The van der Waals surface area contributed by atoms with Gasteiger partial charge in [-0.2, -0.15) is 0 Å². The molecule has 1 rings (SSSR count). The summed E-state index contributed by atoms with van der Waals surface area (Å²) in [5.74, 6) is 0.754. The van der Waals surface area contributed by atoms with Crippen molar-refractivity contribution in [1.29, 1.82) is 0 Å². The zero-order chi connectivity index (χ0) is 6.85. The Morgan fingerprint density at radius 1 is 1.67 bits per heavy atom. The lowest BCUT2D eigenvalue weighted by Gasteiger charge is -1.92. The summed E-state index contributed by atoms with van der Waals surface area (Å²) in [6.45, 7) is 1.83. The van der Waals surface area contributed by atoms with E-state index in [1.807, 2.05) is 6.92 Å². The van der Waals surface area contributed by atoms with Crippen LogP contribution in [0.15, 0.2) is 6.20 Å². The summed E-state index contributed by atoms with van der Waals surface area (Å²) < 4.78 is 0.807. The van der Waals surface area contributed by atoms with E-state index in [-0.39, 0.29) is 0 Å². The van der Waals surface area contributed by atoms with E-state index in [1.54, 1.807) is 6.20 Å². The molecule has 4 heteroatoms. The summed E-state index contributed by atoms with van der Waals surface area (Å²) in [6.07, 6.45) is 1.60. The Hall–Kier alpha value is 0.1000. The van der Waals surface area contributed by atoms with Gasteiger partial charge in [0.2, 0.25) is 0 Å². The predicted molar refractivity (Wildman–Crippen MR) is 44.5 cm³/mol. The molecule has 1 aromatic rings. The maximum atomic E-state index is 5.65. The first-order chi connectivity index (χ1) is 4.20. The number of hydrogen-bond donors (Lipinski definition) is 0. The van der Waals surface area contributed by atoms with Gasteiger partial charge in [0, 0.05) is 0 Å². The molecule has 0 saturated carbocycles. The molecule has 0 unspecified atom stereocenters. The van der Waals surface area contributed by atoms with Gasteiger partial charge in [0.25, 0.3) is 0 Å². The van der Waals surface area contributed by atoms with Gasteiger partial charge < -0.3 is 0 Å². The molecule has 48 valence electrons. The summed E-state index contributed by atoms with van der Waals surface area (Å²) >= 11 is 7.72. The van der Waals surface area contributed by atoms with E-state index in [0.29, 0.717) is 5.02 Å². The lowest BCUT2D eigenvalue weighted by Crippen LogP contribution is -1.89. The predicted octanol–water partition coefficient (Wildman–Crippen LogP) is 2.04. The minimum atomic E-state index is 0.612. The lowest BCUT2D eigenvalue weighted by atomic mass is 10.6. The molecule has 0 aliphatic heterocycles.